The first-order valence-electron chi connectivity index (χ1n) is 6.41. The molecule has 1 unspecified atom stereocenters. The van der Waals surface area contributed by atoms with E-state index in [1.807, 2.05) is 20.8 Å². The molecular formula is C13H23N3O3. The second-order valence-electron chi connectivity index (χ2n) is 5.56. The van der Waals surface area contributed by atoms with Gasteiger partial charge in [-0.25, -0.2) is 4.79 Å². The Balaban J connectivity index is 2.52. The summed E-state index contributed by atoms with van der Waals surface area (Å²) in [5.74, 6) is -0.103. The van der Waals surface area contributed by atoms with Crippen LogP contribution in [0.5, 0.6) is 0 Å². The minimum absolute atomic E-state index is 0.103. The van der Waals surface area contributed by atoms with Crippen LogP contribution in [-0.2, 0) is 9.53 Å². The highest BCUT2D eigenvalue weighted by molar-refractivity contribution is 5.83. The van der Waals surface area contributed by atoms with Gasteiger partial charge in [0, 0.05) is 25.2 Å². The molecule has 1 aliphatic rings. The Labute approximate surface area is 114 Å². The fourth-order valence-electron chi connectivity index (χ4n) is 1.77. The quantitative estimate of drug-likeness (QED) is 0.732. The van der Waals surface area contributed by atoms with Gasteiger partial charge >= 0.3 is 6.09 Å². The van der Waals surface area contributed by atoms with E-state index in [1.165, 1.54) is 11.0 Å². The van der Waals surface area contributed by atoms with Crippen molar-refractivity contribution in [1.82, 2.24) is 15.5 Å². The molecule has 1 rings (SSSR count). The number of hydrogen-bond acceptors (Lipinski definition) is 4. The van der Waals surface area contributed by atoms with Crippen molar-refractivity contribution >= 4 is 12.0 Å². The molecule has 6 heteroatoms. The lowest BCUT2D eigenvalue weighted by Crippen LogP contribution is -2.60. The molecule has 2 N–H and O–H groups in total. The Morgan fingerprint density at radius 1 is 1.53 bits per heavy atom. The van der Waals surface area contributed by atoms with E-state index in [-0.39, 0.29) is 18.1 Å². The number of carbonyl (C=O) groups is 2. The summed E-state index contributed by atoms with van der Waals surface area (Å²) in [6, 6.07) is -0.399. The number of nitrogens with one attached hydrogen (secondary N) is 2. The molecule has 0 aromatic heterocycles. The molecule has 0 aliphatic carbocycles. The van der Waals surface area contributed by atoms with Crippen LogP contribution in [0.4, 0.5) is 4.79 Å². The highest BCUT2D eigenvalue weighted by Crippen LogP contribution is 2.05. The summed E-state index contributed by atoms with van der Waals surface area (Å²) in [6.45, 7) is 10.9. The minimum Gasteiger partial charge on any atom is -0.445 e. The average molecular weight is 269 g/mol. The monoisotopic (exact) mass is 269 g/mol. The van der Waals surface area contributed by atoms with E-state index in [0.29, 0.717) is 19.6 Å². The van der Waals surface area contributed by atoms with E-state index in [1.54, 1.807) is 0 Å². The van der Waals surface area contributed by atoms with Gasteiger partial charge in [0.25, 0.3) is 0 Å². The summed E-state index contributed by atoms with van der Waals surface area (Å²) >= 11 is 0. The zero-order valence-electron chi connectivity index (χ0n) is 11.9. The van der Waals surface area contributed by atoms with Crippen LogP contribution in [0.2, 0.25) is 0 Å². The summed E-state index contributed by atoms with van der Waals surface area (Å²) in [7, 11) is 0. The molecule has 0 aromatic carbocycles. The first kappa shape index (κ1) is 15.5. The van der Waals surface area contributed by atoms with Gasteiger partial charge < -0.3 is 20.3 Å². The Hall–Kier alpha value is -1.56. The largest absolute Gasteiger partial charge is 0.445 e. The molecule has 0 saturated carbocycles. The number of piperazine rings is 1. The number of amides is 2. The van der Waals surface area contributed by atoms with Crippen LogP contribution in [-0.4, -0.2) is 54.7 Å². The molecule has 1 saturated heterocycles. The molecule has 0 bridgehead atoms. The van der Waals surface area contributed by atoms with Gasteiger partial charge in [-0.3, -0.25) is 4.79 Å². The molecule has 1 aliphatic heterocycles. The van der Waals surface area contributed by atoms with E-state index in [0.717, 1.165) is 0 Å². The van der Waals surface area contributed by atoms with Crippen molar-refractivity contribution in [3.63, 3.8) is 0 Å². The van der Waals surface area contributed by atoms with Gasteiger partial charge in [-0.15, -0.1) is 0 Å². The highest BCUT2D eigenvalue weighted by atomic mass is 16.6. The molecule has 0 radical (unpaired) electrons. The maximum Gasteiger partial charge on any atom is 0.410 e. The molecule has 1 fully saturated rings. The summed E-state index contributed by atoms with van der Waals surface area (Å²) in [5, 5.41) is 6.00. The molecule has 108 valence electrons. The van der Waals surface area contributed by atoms with Crippen molar-refractivity contribution < 1.29 is 14.3 Å². The van der Waals surface area contributed by atoms with Gasteiger partial charge in [0.1, 0.15) is 12.6 Å². The summed E-state index contributed by atoms with van der Waals surface area (Å²) in [5.41, 5.74) is -0.287. The third kappa shape index (κ3) is 5.30. The topological polar surface area (TPSA) is 70.7 Å². The third-order valence-corrected chi connectivity index (χ3v) is 2.57. The number of hydrogen-bond donors (Lipinski definition) is 2. The minimum atomic E-state index is -0.407. The fourth-order valence-corrected chi connectivity index (χ4v) is 1.77. The van der Waals surface area contributed by atoms with Crippen LogP contribution in [0.1, 0.15) is 20.8 Å². The molecule has 0 aromatic rings. The lowest BCUT2D eigenvalue weighted by atomic mass is 10.1. The van der Waals surface area contributed by atoms with Crippen LogP contribution in [0.3, 0.4) is 0 Å². The van der Waals surface area contributed by atoms with Crippen molar-refractivity contribution in [2.75, 3.05) is 26.2 Å². The predicted molar refractivity (Wildman–Crippen MR) is 72.8 cm³/mol. The molecule has 1 atom stereocenters. The van der Waals surface area contributed by atoms with E-state index in [2.05, 4.69) is 17.2 Å². The SMILES string of the molecule is C=CCOC(=O)N1CCNC(C(=O)NC(C)(C)C)C1. The van der Waals surface area contributed by atoms with Crippen LogP contribution in [0.15, 0.2) is 12.7 Å². The zero-order chi connectivity index (χ0) is 14.5. The summed E-state index contributed by atoms with van der Waals surface area (Å²) in [6.07, 6.45) is 1.11. The second kappa shape index (κ2) is 6.56. The highest BCUT2D eigenvalue weighted by Gasteiger charge is 2.30. The molecule has 2 amide bonds. The lowest BCUT2D eigenvalue weighted by Gasteiger charge is -2.33. The molecule has 19 heavy (non-hydrogen) atoms. The number of rotatable bonds is 3. The Morgan fingerprint density at radius 2 is 2.21 bits per heavy atom. The first-order chi connectivity index (χ1) is 8.83. The van der Waals surface area contributed by atoms with Gasteiger partial charge in [0.2, 0.25) is 5.91 Å². The summed E-state index contributed by atoms with van der Waals surface area (Å²) < 4.78 is 4.97. The van der Waals surface area contributed by atoms with Crippen molar-refractivity contribution in [1.29, 1.82) is 0 Å². The standard InChI is InChI=1S/C13H23N3O3/c1-5-8-19-12(18)16-7-6-14-10(9-16)11(17)15-13(2,3)4/h5,10,14H,1,6-9H2,2-4H3,(H,15,17). The molecule has 1 heterocycles. The Morgan fingerprint density at radius 3 is 2.79 bits per heavy atom. The van der Waals surface area contributed by atoms with Gasteiger partial charge in [0.05, 0.1) is 0 Å². The van der Waals surface area contributed by atoms with Crippen molar-refractivity contribution in [3.8, 4) is 0 Å². The zero-order valence-corrected chi connectivity index (χ0v) is 11.9. The van der Waals surface area contributed by atoms with Gasteiger partial charge in [0.15, 0.2) is 0 Å². The summed E-state index contributed by atoms with van der Waals surface area (Å²) in [4.78, 5) is 25.3. The van der Waals surface area contributed by atoms with Crippen molar-refractivity contribution in [2.24, 2.45) is 0 Å². The maximum atomic E-state index is 12.0. The predicted octanol–water partition coefficient (Wildman–Crippen LogP) is 0.498. The van der Waals surface area contributed by atoms with Crippen LogP contribution in [0, 0.1) is 0 Å². The average Bonchev–Trinajstić information content (AvgIpc) is 2.34. The molecule has 0 spiro atoms. The van der Waals surface area contributed by atoms with E-state index < -0.39 is 12.1 Å². The Bertz CT molecular complexity index is 350. The number of ether oxygens (including phenoxy) is 1. The van der Waals surface area contributed by atoms with E-state index in [9.17, 15) is 9.59 Å². The number of carbonyl (C=O) groups excluding carboxylic acids is 2. The van der Waals surface area contributed by atoms with Gasteiger partial charge in [-0.1, -0.05) is 12.7 Å². The van der Waals surface area contributed by atoms with Gasteiger partial charge in [-0.05, 0) is 20.8 Å². The Kier molecular flexibility index (Phi) is 5.35. The third-order valence-electron chi connectivity index (χ3n) is 2.57. The molecule has 6 nitrogen and oxygen atoms in total. The van der Waals surface area contributed by atoms with Crippen LogP contribution in [0.25, 0.3) is 0 Å². The number of nitrogens with zero attached hydrogens (tertiary/aromatic N) is 1. The second-order valence-corrected chi connectivity index (χ2v) is 5.56. The van der Waals surface area contributed by atoms with Gasteiger partial charge in [-0.2, -0.15) is 0 Å². The van der Waals surface area contributed by atoms with Crippen LogP contribution >= 0.6 is 0 Å². The van der Waals surface area contributed by atoms with Crippen LogP contribution < -0.4 is 10.6 Å². The van der Waals surface area contributed by atoms with E-state index in [4.69, 9.17) is 4.74 Å². The normalized spacial score (nSPS) is 19.7. The fraction of sp³-hybridized carbons (Fsp3) is 0.692. The maximum absolute atomic E-state index is 12.0. The molecular weight excluding hydrogens is 246 g/mol. The lowest BCUT2D eigenvalue weighted by molar-refractivity contribution is -0.125. The van der Waals surface area contributed by atoms with Crippen molar-refractivity contribution in [2.45, 2.75) is 32.4 Å². The first-order valence-corrected chi connectivity index (χ1v) is 6.41. The van der Waals surface area contributed by atoms with Crippen molar-refractivity contribution in [3.05, 3.63) is 12.7 Å². The smallest absolute Gasteiger partial charge is 0.410 e. The van der Waals surface area contributed by atoms with E-state index >= 15 is 0 Å².